The highest BCUT2D eigenvalue weighted by Gasteiger charge is 2.26. The Hall–Kier alpha value is -5.64. The molecule has 1 aromatic heterocycles. The van der Waals surface area contributed by atoms with Gasteiger partial charge in [-0.25, -0.2) is 13.2 Å². The van der Waals surface area contributed by atoms with E-state index in [4.69, 9.17) is 0 Å². The third-order valence-corrected chi connectivity index (χ3v) is 8.22. The Morgan fingerprint density at radius 1 is 0.766 bits per heavy atom. The molecule has 1 amide bonds. The molecule has 0 saturated carbocycles. The van der Waals surface area contributed by atoms with Crippen molar-refractivity contribution in [1.82, 2.24) is 9.47 Å². The van der Waals surface area contributed by atoms with E-state index in [0.717, 1.165) is 40.2 Å². The highest BCUT2D eigenvalue weighted by atomic mass is 19.2. The van der Waals surface area contributed by atoms with Crippen molar-refractivity contribution in [3.63, 3.8) is 0 Å². The summed E-state index contributed by atoms with van der Waals surface area (Å²) in [6.45, 7) is 1.66. The van der Waals surface area contributed by atoms with Crippen molar-refractivity contribution in [1.29, 1.82) is 0 Å². The largest absolute Gasteiger partial charge is 0.507 e. The van der Waals surface area contributed by atoms with Crippen molar-refractivity contribution in [2.24, 2.45) is 0 Å². The average molecular weight is 638 g/mol. The number of aromatic nitrogens is 1. The molecule has 0 bridgehead atoms. The first-order valence-electron chi connectivity index (χ1n) is 15.1. The number of benzene rings is 4. The van der Waals surface area contributed by atoms with E-state index < -0.39 is 40.5 Å². The standard InChI is InChI=1S/C37H30F3N3O4/c38-30-19-25(20-31(39)35(30)40)17-26-18-29(36(46)43(23-26)22-24-7-2-1-3-8-24)33(44)21-34(45)37(47)42-15-13-41(14-16-42)32-12-6-10-27-9-4-5-11-28(27)32/h1-12,18-21,23,44H,13-17,22H2. The Labute approximate surface area is 268 Å². The summed E-state index contributed by atoms with van der Waals surface area (Å²) in [6, 6.07) is 26.0. The van der Waals surface area contributed by atoms with Gasteiger partial charge >= 0.3 is 0 Å². The van der Waals surface area contributed by atoms with Crippen LogP contribution < -0.4 is 10.5 Å². The van der Waals surface area contributed by atoms with Gasteiger partial charge in [-0.1, -0.05) is 66.7 Å². The maximum absolute atomic E-state index is 13.9. The maximum atomic E-state index is 13.9. The molecule has 47 heavy (non-hydrogen) atoms. The number of hydrogen-bond acceptors (Lipinski definition) is 5. The number of hydrogen-bond donors (Lipinski definition) is 1. The summed E-state index contributed by atoms with van der Waals surface area (Å²) in [5, 5.41) is 13.2. The molecule has 2 heterocycles. The number of pyridine rings is 1. The number of piperazine rings is 1. The van der Waals surface area contributed by atoms with Crippen LogP contribution >= 0.6 is 0 Å². The van der Waals surface area contributed by atoms with E-state index in [1.165, 1.54) is 21.7 Å². The first kappa shape index (κ1) is 31.3. The molecule has 1 fully saturated rings. The van der Waals surface area contributed by atoms with E-state index in [2.05, 4.69) is 4.90 Å². The summed E-state index contributed by atoms with van der Waals surface area (Å²) in [7, 11) is 0. The fraction of sp³-hybridized carbons (Fsp3) is 0.162. The van der Waals surface area contributed by atoms with E-state index >= 15 is 0 Å². The zero-order valence-electron chi connectivity index (χ0n) is 25.2. The highest BCUT2D eigenvalue weighted by Crippen LogP contribution is 2.27. The number of rotatable bonds is 8. The summed E-state index contributed by atoms with van der Waals surface area (Å²) in [5.41, 5.74) is 1.32. The number of carbonyl (C=O) groups is 2. The molecule has 1 N–H and O–H groups in total. The molecular formula is C37H30F3N3O4. The van der Waals surface area contributed by atoms with Crippen molar-refractivity contribution in [2.45, 2.75) is 13.0 Å². The number of ketones is 1. The molecule has 0 radical (unpaired) electrons. The van der Waals surface area contributed by atoms with Gasteiger partial charge in [-0.15, -0.1) is 0 Å². The molecule has 7 nitrogen and oxygen atoms in total. The number of aliphatic hydroxyl groups is 1. The Bertz CT molecular complexity index is 2040. The number of aliphatic hydroxyl groups excluding tert-OH is 1. The molecule has 238 valence electrons. The smallest absolute Gasteiger partial charge is 0.294 e. The molecule has 6 rings (SSSR count). The first-order chi connectivity index (χ1) is 22.7. The third kappa shape index (κ3) is 6.81. The molecule has 1 aliphatic heterocycles. The van der Waals surface area contributed by atoms with Crippen molar-refractivity contribution >= 4 is 33.9 Å². The van der Waals surface area contributed by atoms with Crippen LogP contribution in [-0.4, -0.2) is 52.4 Å². The number of carbonyl (C=O) groups excluding carboxylic acids is 2. The van der Waals surface area contributed by atoms with Gasteiger partial charge in [0.2, 0.25) is 5.78 Å². The number of halogens is 3. The molecule has 5 aromatic rings. The lowest BCUT2D eigenvalue weighted by atomic mass is 10.0. The van der Waals surface area contributed by atoms with Gasteiger partial charge in [-0.3, -0.25) is 14.4 Å². The third-order valence-electron chi connectivity index (χ3n) is 8.22. The molecule has 10 heteroatoms. The van der Waals surface area contributed by atoms with Gasteiger partial charge in [0.1, 0.15) is 5.76 Å². The molecule has 1 aliphatic rings. The van der Waals surface area contributed by atoms with Gasteiger partial charge < -0.3 is 19.5 Å². The highest BCUT2D eigenvalue weighted by molar-refractivity contribution is 6.41. The van der Waals surface area contributed by atoms with Gasteiger partial charge in [0.05, 0.1) is 12.1 Å². The Balaban J connectivity index is 1.23. The SMILES string of the molecule is O=C(C=C(O)c1cc(Cc2cc(F)c(F)c(F)c2)cn(Cc2ccccc2)c1=O)C(=O)N1CCN(c2cccc3ccccc23)CC1. The molecule has 0 aliphatic carbocycles. The molecule has 0 unspecified atom stereocenters. The van der Waals surface area contributed by atoms with E-state index in [9.17, 15) is 32.7 Å². The summed E-state index contributed by atoms with van der Waals surface area (Å²) >= 11 is 0. The van der Waals surface area contributed by atoms with Crippen molar-refractivity contribution in [3.8, 4) is 0 Å². The summed E-state index contributed by atoms with van der Waals surface area (Å²) in [5.74, 6) is -6.84. The topological polar surface area (TPSA) is 82.8 Å². The van der Waals surface area contributed by atoms with Gasteiger partial charge in [0.25, 0.3) is 11.5 Å². The fourth-order valence-corrected chi connectivity index (χ4v) is 5.88. The van der Waals surface area contributed by atoms with E-state index in [0.29, 0.717) is 18.7 Å². The number of fused-ring (bicyclic) bond motifs is 1. The predicted molar refractivity (Wildman–Crippen MR) is 174 cm³/mol. The molecule has 4 aromatic carbocycles. The number of amides is 1. The minimum Gasteiger partial charge on any atom is -0.507 e. The van der Waals surface area contributed by atoms with Crippen LogP contribution in [0.25, 0.3) is 16.5 Å². The minimum absolute atomic E-state index is 0.0911. The lowest BCUT2D eigenvalue weighted by Gasteiger charge is -2.36. The van der Waals surface area contributed by atoms with E-state index in [-0.39, 0.29) is 37.2 Å². The van der Waals surface area contributed by atoms with Gasteiger partial charge in [-0.2, -0.15) is 0 Å². The second-order valence-electron chi connectivity index (χ2n) is 11.4. The second-order valence-corrected chi connectivity index (χ2v) is 11.4. The van der Waals surface area contributed by atoms with Crippen molar-refractivity contribution in [3.05, 3.63) is 153 Å². The quantitative estimate of drug-likeness (QED) is 0.0996. The fourth-order valence-electron chi connectivity index (χ4n) is 5.88. The lowest BCUT2D eigenvalue weighted by Crippen LogP contribution is -2.50. The maximum Gasteiger partial charge on any atom is 0.294 e. The van der Waals surface area contributed by atoms with E-state index in [1.54, 1.807) is 24.3 Å². The average Bonchev–Trinajstić information content (AvgIpc) is 3.08. The molecule has 0 atom stereocenters. The molecular weight excluding hydrogens is 607 g/mol. The van der Waals surface area contributed by atoms with Crippen LogP contribution in [0.15, 0.2) is 108 Å². The zero-order valence-corrected chi connectivity index (χ0v) is 25.2. The van der Waals surface area contributed by atoms with Crippen LogP contribution in [0.3, 0.4) is 0 Å². The van der Waals surface area contributed by atoms with Crippen LogP contribution in [0.4, 0.5) is 18.9 Å². The first-order valence-corrected chi connectivity index (χ1v) is 15.1. The van der Waals surface area contributed by atoms with Crippen molar-refractivity contribution in [2.75, 3.05) is 31.1 Å². The van der Waals surface area contributed by atoms with E-state index in [1.807, 2.05) is 48.5 Å². The van der Waals surface area contributed by atoms with Crippen LogP contribution in [0.5, 0.6) is 0 Å². The second kappa shape index (κ2) is 13.4. The predicted octanol–water partition coefficient (Wildman–Crippen LogP) is 5.87. The van der Waals surface area contributed by atoms with Crippen LogP contribution in [0.2, 0.25) is 0 Å². The van der Waals surface area contributed by atoms with Crippen LogP contribution in [0, 0.1) is 17.5 Å². The monoisotopic (exact) mass is 637 g/mol. The summed E-state index contributed by atoms with van der Waals surface area (Å²) < 4.78 is 42.7. The van der Waals surface area contributed by atoms with Gasteiger partial charge in [-0.05, 0) is 52.8 Å². The summed E-state index contributed by atoms with van der Waals surface area (Å²) in [4.78, 5) is 43.2. The van der Waals surface area contributed by atoms with Crippen LogP contribution in [-0.2, 0) is 22.6 Å². The molecule has 0 spiro atoms. The Kier molecular flexibility index (Phi) is 8.92. The summed E-state index contributed by atoms with van der Waals surface area (Å²) in [6.07, 6.45) is 2.08. The van der Waals surface area contributed by atoms with Gasteiger partial charge in [0, 0.05) is 49.5 Å². The minimum atomic E-state index is -1.60. The Morgan fingerprint density at radius 3 is 2.15 bits per heavy atom. The Morgan fingerprint density at radius 2 is 1.43 bits per heavy atom. The molecule has 1 saturated heterocycles. The van der Waals surface area contributed by atoms with Crippen molar-refractivity contribution < 1.29 is 27.9 Å². The number of anilines is 1. The van der Waals surface area contributed by atoms with Crippen LogP contribution in [0.1, 0.15) is 22.3 Å². The number of nitrogens with zero attached hydrogens (tertiary/aromatic N) is 3. The zero-order chi connectivity index (χ0) is 33.1. The normalized spacial score (nSPS) is 13.6. The van der Waals surface area contributed by atoms with Gasteiger partial charge in [0.15, 0.2) is 17.5 Å². The lowest BCUT2D eigenvalue weighted by molar-refractivity contribution is -0.142.